The molecule has 1 N–H and O–H groups in total. The van der Waals surface area contributed by atoms with Gasteiger partial charge in [0.05, 0.1) is 21.2 Å². The Morgan fingerprint density at radius 2 is 1.77 bits per heavy atom. The van der Waals surface area contributed by atoms with Gasteiger partial charge in [0.2, 0.25) is 10.0 Å². The predicted molar refractivity (Wildman–Crippen MR) is 110 cm³/mol. The number of rotatable bonds is 5. The first kappa shape index (κ1) is 21.0. The number of non-ortho nitro benzene ring substituents is 1. The van der Waals surface area contributed by atoms with Crippen LogP contribution in [-0.4, -0.2) is 45.0 Å². The van der Waals surface area contributed by atoms with Crippen LogP contribution in [0.1, 0.15) is 21.7 Å². The van der Waals surface area contributed by atoms with Gasteiger partial charge in [-0.3, -0.25) is 10.1 Å². The van der Waals surface area contributed by atoms with Crippen LogP contribution in [0.3, 0.4) is 0 Å². The number of aromatic carboxylic acids is 1. The quantitative estimate of drug-likeness (QED) is 0.454. The van der Waals surface area contributed by atoms with Gasteiger partial charge in [-0.2, -0.15) is 9.40 Å². The van der Waals surface area contributed by atoms with E-state index in [4.69, 9.17) is 11.6 Å². The molecule has 0 saturated heterocycles. The smallest absolute Gasteiger partial charge is 0.356 e. The van der Waals surface area contributed by atoms with Crippen LogP contribution >= 0.6 is 11.6 Å². The number of carbonyl (C=O) groups is 1. The topological polar surface area (TPSA) is 136 Å². The zero-order valence-corrected chi connectivity index (χ0v) is 17.4. The molecule has 0 saturated carbocycles. The van der Waals surface area contributed by atoms with Crippen LogP contribution in [0.15, 0.2) is 53.4 Å². The van der Waals surface area contributed by atoms with Gasteiger partial charge in [0.1, 0.15) is 0 Å². The van der Waals surface area contributed by atoms with Crippen LogP contribution in [0, 0.1) is 10.1 Å². The molecule has 1 aliphatic rings. The van der Waals surface area contributed by atoms with Gasteiger partial charge in [0.15, 0.2) is 5.69 Å². The van der Waals surface area contributed by atoms with Crippen molar-refractivity contribution in [1.82, 2.24) is 14.1 Å². The van der Waals surface area contributed by atoms with Crippen molar-refractivity contribution in [2.75, 3.05) is 6.54 Å². The van der Waals surface area contributed by atoms with Crippen molar-refractivity contribution < 1.29 is 23.2 Å². The Bertz CT molecular complexity index is 1290. The highest BCUT2D eigenvalue weighted by Gasteiger charge is 2.34. The van der Waals surface area contributed by atoms with Crippen molar-refractivity contribution in [2.24, 2.45) is 0 Å². The third-order valence-electron chi connectivity index (χ3n) is 4.98. The van der Waals surface area contributed by atoms with Crippen molar-refractivity contribution in [3.05, 3.63) is 80.6 Å². The minimum Gasteiger partial charge on any atom is -0.476 e. The van der Waals surface area contributed by atoms with Crippen molar-refractivity contribution in [3.63, 3.8) is 0 Å². The lowest BCUT2D eigenvalue weighted by atomic mass is 10.1. The molecule has 4 rings (SSSR count). The fourth-order valence-corrected chi connectivity index (χ4v) is 4.99. The number of halogens is 1. The van der Waals surface area contributed by atoms with Crippen molar-refractivity contribution >= 4 is 33.3 Å². The van der Waals surface area contributed by atoms with E-state index >= 15 is 0 Å². The molecular weight excluding hydrogens is 448 g/mol. The number of nitro benzene ring substituents is 1. The number of carboxylic acids is 1. The second kappa shape index (κ2) is 7.76. The van der Waals surface area contributed by atoms with E-state index in [2.05, 4.69) is 5.10 Å². The van der Waals surface area contributed by atoms with Crippen LogP contribution < -0.4 is 0 Å². The number of carboxylic acid groups (broad SMARTS) is 1. The maximum Gasteiger partial charge on any atom is 0.356 e. The normalized spacial score (nSPS) is 14.2. The zero-order chi connectivity index (χ0) is 22.3. The Morgan fingerprint density at radius 1 is 1.13 bits per heavy atom. The average molecular weight is 463 g/mol. The first-order valence-electron chi connectivity index (χ1n) is 9.03. The third kappa shape index (κ3) is 3.78. The Labute approximate surface area is 181 Å². The molecule has 10 nitrogen and oxygen atoms in total. The van der Waals surface area contributed by atoms with Gasteiger partial charge in [-0.05, 0) is 36.4 Å². The number of nitrogens with zero attached hydrogens (tertiary/aromatic N) is 4. The molecule has 31 heavy (non-hydrogen) atoms. The summed E-state index contributed by atoms with van der Waals surface area (Å²) >= 11 is 5.92. The molecule has 160 valence electrons. The van der Waals surface area contributed by atoms with Gasteiger partial charge in [0, 0.05) is 42.2 Å². The molecule has 0 aliphatic carbocycles. The second-order valence-electron chi connectivity index (χ2n) is 6.81. The van der Waals surface area contributed by atoms with E-state index in [9.17, 15) is 28.4 Å². The molecule has 2 aromatic carbocycles. The van der Waals surface area contributed by atoms with Gasteiger partial charge < -0.3 is 5.11 Å². The molecule has 0 radical (unpaired) electrons. The Hall–Kier alpha value is -3.28. The van der Waals surface area contributed by atoms with Gasteiger partial charge >= 0.3 is 5.97 Å². The van der Waals surface area contributed by atoms with Gasteiger partial charge in [-0.1, -0.05) is 11.6 Å². The molecule has 0 fully saturated rings. The lowest BCUT2D eigenvalue weighted by Gasteiger charge is -2.27. The maximum absolute atomic E-state index is 13.0. The standard InChI is InChI=1S/C19H15ClN4O6S/c20-12-1-3-13(4-2-12)23-17-9-10-22(11-16(17)18(21-23)19(25)26)31(29,30)15-7-5-14(6-8-15)24(27)28/h1-8H,9-11H2,(H,25,26). The molecule has 0 amide bonds. The molecule has 0 spiro atoms. The average Bonchev–Trinajstić information content (AvgIpc) is 3.13. The van der Waals surface area contributed by atoms with Crippen molar-refractivity contribution in [2.45, 2.75) is 17.9 Å². The molecule has 3 aromatic rings. The summed E-state index contributed by atoms with van der Waals surface area (Å²) in [5, 5.41) is 25.1. The minimum absolute atomic E-state index is 0.102. The van der Waals surface area contributed by atoms with E-state index in [-0.39, 0.29) is 35.8 Å². The number of aromatic nitrogens is 2. The lowest BCUT2D eigenvalue weighted by molar-refractivity contribution is -0.384. The van der Waals surface area contributed by atoms with Crippen LogP contribution in [-0.2, 0) is 23.0 Å². The van der Waals surface area contributed by atoms with Crippen molar-refractivity contribution in [3.8, 4) is 5.69 Å². The van der Waals surface area contributed by atoms with E-state index in [0.29, 0.717) is 22.0 Å². The number of sulfonamides is 1. The SMILES string of the molecule is O=C(O)c1nn(-c2ccc(Cl)cc2)c2c1CN(S(=O)(=O)c1ccc([N+](=O)[O-])cc1)CC2. The fraction of sp³-hybridized carbons (Fsp3) is 0.158. The molecule has 0 bridgehead atoms. The van der Waals surface area contributed by atoms with Crippen LogP contribution in [0.25, 0.3) is 5.69 Å². The van der Waals surface area contributed by atoms with Gasteiger partial charge in [-0.25, -0.2) is 17.9 Å². The predicted octanol–water partition coefficient (Wildman–Crippen LogP) is 2.88. The molecule has 12 heteroatoms. The molecule has 1 aliphatic heterocycles. The number of hydrogen-bond donors (Lipinski definition) is 1. The van der Waals surface area contributed by atoms with Crippen LogP contribution in [0.5, 0.6) is 0 Å². The second-order valence-corrected chi connectivity index (χ2v) is 9.18. The summed E-state index contributed by atoms with van der Waals surface area (Å²) in [7, 11) is -3.99. The molecule has 0 unspecified atom stereocenters. The number of fused-ring (bicyclic) bond motifs is 1. The highest BCUT2D eigenvalue weighted by Crippen LogP contribution is 2.30. The lowest BCUT2D eigenvalue weighted by Crippen LogP contribution is -2.36. The Kier molecular flexibility index (Phi) is 5.25. The van der Waals surface area contributed by atoms with E-state index in [1.165, 1.54) is 4.68 Å². The maximum atomic E-state index is 13.0. The summed E-state index contributed by atoms with van der Waals surface area (Å²) in [6, 6.07) is 11.3. The largest absolute Gasteiger partial charge is 0.476 e. The van der Waals surface area contributed by atoms with Crippen LogP contribution in [0.4, 0.5) is 5.69 Å². The summed E-state index contributed by atoms with van der Waals surface area (Å²) in [6.45, 7) is -0.0749. The van der Waals surface area contributed by atoms with E-state index < -0.39 is 20.9 Å². The summed E-state index contributed by atoms with van der Waals surface area (Å²) in [4.78, 5) is 21.9. The fourth-order valence-electron chi connectivity index (χ4n) is 3.46. The molecule has 2 heterocycles. The van der Waals surface area contributed by atoms with E-state index in [1.807, 2.05) is 0 Å². The molecule has 0 atom stereocenters. The summed E-state index contributed by atoms with van der Waals surface area (Å²) in [5.74, 6) is -1.27. The summed E-state index contributed by atoms with van der Waals surface area (Å²) < 4.78 is 28.7. The monoisotopic (exact) mass is 462 g/mol. The number of nitro groups is 1. The zero-order valence-electron chi connectivity index (χ0n) is 15.8. The molecular formula is C19H15ClN4O6S. The Balaban J connectivity index is 1.71. The summed E-state index contributed by atoms with van der Waals surface area (Å²) in [6.07, 6.45) is 0.241. The molecule has 1 aromatic heterocycles. The van der Waals surface area contributed by atoms with Gasteiger partial charge in [-0.15, -0.1) is 0 Å². The number of benzene rings is 2. The van der Waals surface area contributed by atoms with Crippen LogP contribution in [0.2, 0.25) is 5.02 Å². The van der Waals surface area contributed by atoms with Gasteiger partial charge in [0.25, 0.3) is 5.69 Å². The minimum atomic E-state index is -3.99. The first-order valence-corrected chi connectivity index (χ1v) is 10.8. The third-order valence-corrected chi connectivity index (χ3v) is 7.09. The first-order chi connectivity index (χ1) is 14.7. The summed E-state index contributed by atoms with van der Waals surface area (Å²) in [5.41, 5.74) is 1.07. The van der Waals surface area contributed by atoms with Crippen molar-refractivity contribution in [1.29, 1.82) is 0 Å². The Morgan fingerprint density at radius 3 is 2.35 bits per heavy atom. The van der Waals surface area contributed by atoms with E-state index in [1.54, 1.807) is 24.3 Å². The van der Waals surface area contributed by atoms with E-state index in [0.717, 1.165) is 28.6 Å². The highest BCUT2D eigenvalue weighted by atomic mass is 35.5. The highest BCUT2D eigenvalue weighted by molar-refractivity contribution is 7.89. The number of hydrogen-bond acceptors (Lipinski definition) is 6.